The number of rotatable bonds is 3. The summed E-state index contributed by atoms with van der Waals surface area (Å²) in [4.78, 5) is 16.4. The zero-order valence-corrected chi connectivity index (χ0v) is 12.1. The van der Waals surface area contributed by atoms with Crippen molar-refractivity contribution < 1.29 is 9.18 Å². The van der Waals surface area contributed by atoms with Crippen LogP contribution < -0.4 is 5.73 Å². The van der Waals surface area contributed by atoms with E-state index in [0.29, 0.717) is 5.69 Å². The number of halogens is 1. The number of benzene rings is 1. The first-order valence-corrected chi connectivity index (χ1v) is 7.07. The highest BCUT2D eigenvalue weighted by molar-refractivity contribution is 5.95. The molecule has 0 aliphatic carbocycles. The van der Waals surface area contributed by atoms with Gasteiger partial charge in [-0.05, 0) is 37.6 Å². The van der Waals surface area contributed by atoms with Crippen LogP contribution in [0.25, 0.3) is 0 Å². The van der Waals surface area contributed by atoms with E-state index in [0.717, 1.165) is 32.5 Å². The standard InChI is InChI=1S/C15H22FN3O/c1-3-19-8-6-12(7-9-19)18(2)15(20)13-10-11(17)4-5-14(13)16/h4-5,10,12H,3,6-9,17H2,1-2H3. The zero-order chi connectivity index (χ0) is 14.7. The Hall–Kier alpha value is -1.62. The van der Waals surface area contributed by atoms with Gasteiger partial charge in [-0.3, -0.25) is 4.79 Å². The lowest BCUT2D eigenvalue weighted by Crippen LogP contribution is -2.45. The van der Waals surface area contributed by atoms with Gasteiger partial charge in [0.1, 0.15) is 5.82 Å². The van der Waals surface area contributed by atoms with Crippen molar-refractivity contribution in [3.8, 4) is 0 Å². The molecule has 1 amide bonds. The van der Waals surface area contributed by atoms with Crippen LogP contribution in [0.4, 0.5) is 10.1 Å². The first-order valence-electron chi connectivity index (χ1n) is 7.07. The normalized spacial score (nSPS) is 17.1. The Kier molecular flexibility index (Phi) is 4.60. The van der Waals surface area contributed by atoms with Crippen LogP contribution in [-0.4, -0.2) is 48.4 Å². The summed E-state index contributed by atoms with van der Waals surface area (Å²) in [6, 6.07) is 4.29. The van der Waals surface area contributed by atoms with E-state index in [-0.39, 0.29) is 17.5 Å². The Morgan fingerprint density at radius 3 is 2.70 bits per heavy atom. The van der Waals surface area contributed by atoms with Crippen molar-refractivity contribution in [2.75, 3.05) is 32.4 Å². The lowest BCUT2D eigenvalue weighted by Gasteiger charge is -2.36. The minimum Gasteiger partial charge on any atom is -0.399 e. The second-order valence-corrected chi connectivity index (χ2v) is 5.32. The Balaban J connectivity index is 2.07. The molecule has 1 aliphatic heterocycles. The fourth-order valence-corrected chi connectivity index (χ4v) is 2.69. The minimum atomic E-state index is -0.512. The summed E-state index contributed by atoms with van der Waals surface area (Å²) >= 11 is 0. The Labute approximate surface area is 119 Å². The van der Waals surface area contributed by atoms with Gasteiger partial charge in [0, 0.05) is 31.9 Å². The van der Waals surface area contributed by atoms with E-state index in [4.69, 9.17) is 5.73 Å². The molecule has 2 N–H and O–H groups in total. The SMILES string of the molecule is CCN1CCC(N(C)C(=O)c2cc(N)ccc2F)CC1. The van der Waals surface area contributed by atoms with Crippen molar-refractivity contribution in [2.24, 2.45) is 0 Å². The van der Waals surface area contributed by atoms with Gasteiger partial charge in [-0.1, -0.05) is 6.92 Å². The summed E-state index contributed by atoms with van der Waals surface area (Å²) in [6.45, 7) is 5.14. The number of nitrogens with zero attached hydrogens (tertiary/aromatic N) is 2. The highest BCUT2D eigenvalue weighted by atomic mass is 19.1. The van der Waals surface area contributed by atoms with Gasteiger partial charge in [-0.25, -0.2) is 4.39 Å². The first-order chi connectivity index (χ1) is 9.52. The van der Waals surface area contributed by atoms with Crippen LogP contribution >= 0.6 is 0 Å². The predicted molar refractivity (Wildman–Crippen MR) is 78.0 cm³/mol. The van der Waals surface area contributed by atoms with Gasteiger partial charge < -0.3 is 15.5 Å². The molecule has 20 heavy (non-hydrogen) atoms. The number of carbonyl (C=O) groups excluding carboxylic acids is 1. The van der Waals surface area contributed by atoms with Crippen LogP contribution in [0.15, 0.2) is 18.2 Å². The molecule has 5 heteroatoms. The van der Waals surface area contributed by atoms with Gasteiger partial charge >= 0.3 is 0 Å². The van der Waals surface area contributed by atoms with Crippen LogP contribution in [-0.2, 0) is 0 Å². The lowest BCUT2D eigenvalue weighted by molar-refractivity contribution is 0.0642. The molecule has 0 radical (unpaired) electrons. The number of hydrogen-bond donors (Lipinski definition) is 1. The molecule has 1 heterocycles. The molecular formula is C15H22FN3O. The third-order valence-electron chi connectivity index (χ3n) is 4.09. The van der Waals surface area contributed by atoms with Gasteiger partial charge in [0.25, 0.3) is 5.91 Å². The lowest BCUT2D eigenvalue weighted by atomic mass is 10.0. The van der Waals surface area contributed by atoms with E-state index in [1.165, 1.54) is 18.2 Å². The zero-order valence-electron chi connectivity index (χ0n) is 12.1. The van der Waals surface area contributed by atoms with E-state index in [1.807, 2.05) is 0 Å². The number of likely N-dealkylation sites (tertiary alicyclic amines) is 1. The molecule has 4 nitrogen and oxygen atoms in total. The van der Waals surface area contributed by atoms with Crippen molar-refractivity contribution in [3.05, 3.63) is 29.6 Å². The average Bonchev–Trinajstić information content (AvgIpc) is 2.48. The highest BCUT2D eigenvalue weighted by Crippen LogP contribution is 2.20. The first kappa shape index (κ1) is 14.8. The third kappa shape index (κ3) is 3.10. The number of hydrogen-bond acceptors (Lipinski definition) is 3. The van der Waals surface area contributed by atoms with Gasteiger partial charge in [0.05, 0.1) is 5.56 Å². The van der Waals surface area contributed by atoms with Crippen LogP contribution in [0.1, 0.15) is 30.1 Å². The van der Waals surface area contributed by atoms with E-state index < -0.39 is 5.82 Å². The number of nitrogen functional groups attached to an aromatic ring is 1. The monoisotopic (exact) mass is 279 g/mol. The van der Waals surface area contributed by atoms with Crippen molar-refractivity contribution in [2.45, 2.75) is 25.8 Å². The van der Waals surface area contributed by atoms with Crippen LogP contribution in [0.2, 0.25) is 0 Å². The molecule has 0 spiro atoms. The van der Waals surface area contributed by atoms with Crippen molar-refractivity contribution in [3.63, 3.8) is 0 Å². The molecule has 0 saturated carbocycles. The van der Waals surface area contributed by atoms with Crippen molar-refractivity contribution in [1.82, 2.24) is 9.80 Å². The fraction of sp³-hybridized carbons (Fsp3) is 0.533. The fourth-order valence-electron chi connectivity index (χ4n) is 2.69. The van der Waals surface area contributed by atoms with Crippen molar-refractivity contribution >= 4 is 11.6 Å². The molecule has 2 rings (SSSR count). The van der Waals surface area contributed by atoms with E-state index >= 15 is 0 Å². The van der Waals surface area contributed by atoms with Crippen LogP contribution in [0.5, 0.6) is 0 Å². The van der Waals surface area contributed by atoms with Gasteiger partial charge in [-0.2, -0.15) is 0 Å². The minimum absolute atomic E-state index is 0.0606. The molecule has 0 aromatic heterocycles. The van der Waals surface area contributed by atoms with Crippen molar-refractivity contribution in [1.29, 1.82) is 0 Å². The predicted octanol–water partition coefficient (Wildman–Crippen LogP) is 1.96. The molecule has 1 aromatic carbocycles. The van der Waals surface area contributed by atoms with E-state index in [2.05, 4.69) is 11.8 Å². The third-order valence-corrected chi connectivity index (χ3v) is 4.09. The van der Waals surface area contributed by atoms with Gasteiger partial charge in [-0.15, -0.1) is 0 Å². The topological polar surface area (TPSA) is 49.6 Å². The second-order valence-electron chi connectivity index (χ2n) is 5.32. The summed E-state index contributed by atoms with van der Waals surface area (Å²) in [5, 5.41) is 0. The molecule has 1 aromatic rings. The number of carbonyl (C=O) groups is 1. The molecule has 1 saturated heterocycles. The highest BCUT2D eigenvalue weighted by Gasteiger charge is 2.26. The Morgan fingerprint density at radius 1 is 1.45 bits per heavy atom. The summed E-state index contributed by atoms with van der Waals surface area (Å²) in [7, 11) is 1.75. The summed E-state index contributed by atoms with van der Waals surface area (Å²) in [6.07, 6.45) is 1.86. The summed E-state index contributed by atoms with van der Waals surface area (Å²) in [5.41, 5.74) is 6.10. The molecular weight excluding hydrogens is 257 g/mol. The number of amides is 1. The molecule has 1 fully saturated rings. The van der Waals surface area contributed by atoms with E-state index in [9.17, 15) is 9.18 Å². The molecule has 1 aliphatic rings. The Bertz CT molecular complexity index is 484. The maximum atomic E-state index is 13.8. The quantitative estimate of drug-likeness (QED) is 0.861. The maximum Gasteiger partial charge on any atom is 0.256 e. The smallest absolute Gasteiger partial charge is 0.256 e. The molecule has 0 atom stereocenters. The largest absolute Gasteiger partial charge is 0.399 e. The second kappa shape index (κ2) is 6.22. The van der Waals surface area contributed by atoms with Crippen LogP contribution in [0.3, 0.4) is 0 Å². The summed E-state index contributed by atoms with van der Waals surface area (Å²) < 4.78 is 13.8. The van der Waals surface area contributed by atoms with Gasteiger partial charge in [0.15, 0.2) is 0 Å². The number of piperidine rings is 1. The van der Waals surface area contributed by atoms with Gasteiger partial charge in [0.2, 0.25) is 0 Å². The Morgan fingerprint density at radius 2 is 2.10 bits per heavy atom. The summed E-state index contributed by atoms with van der Waals surface area (Å²) in [5.74, 6) is -0.799. The maximum absolute atomic E-state index is 13.8. The molecule has 110 valence electrons. The van der Waals surface area contributed by atoms with Crippen LogP contribution in [0, 0.1) is 5.82 Å². The number of anilines is 1. The molecule has 0 unspecified atom stereocenters. The van der Waals surface area contributed by atoms with E-state index in [1.54, 1.807) is 11.9 Å². The molecule has 0 bridgehead atoms. The number of nitrogens with two attached hydrogens (primary N) is 1. The average molecular weight is 279 g/mol.